The van der Waals surface area contributed by atoms with Crippen LogP contribution in [-0.4, -0.2) is 45.0 Å². The first-order valence-corrected chi connectivity index (χ1v) is 9.01. The second kappa shape index (κ2) is 6.20. The van der Waals surface area contributed by atoms with Gasteiger partial charge in [0.15, 0.2) is 5.65 Å². The molecule has 2 atom stereocenters. The third-order valence-electron chi connectivity index (χ3n) is 5.11. The van der Waals surface area contributed by atoms with Gasteiger partial charge in [-0.05, 0) is 25.2 Å². The summed E-state index contributed by atoms with van der Waals surface area (Å²) in [5.41, 5.74) is 6.93. The fourth-order valence-corrected chi connectivity index (χ4v) is 3.53. The number of morpholine rings is 1. The Morgan fingerprint density at radius 1 is 1.29 bits per heavy atom. The molecule has 4 rings (SSSR count). The summed E-state index contributed by atoms with van der Waals surface area (Å²) in [7, 11) is 1.88. The third kappa shape index (κ3) is 2.92. The van der Waals surface area contributed by atoms with Crippen molar-refractivity contribution in [2.24, 2.45) is 13.0 Å². The minimum absolute atomic E-state index is 0.261. The molecule has 24 heavy (non-hydrogen) atoms. The van der Waals surface area contributed by atoms with Crippen molar-refractivity contribution in [1.82, 2.24) is 19.7 Å². The Morgan fingerprint density at radius 2 is 2.12 bits per heavy atom. The van der Waals surface area contributed by atoms with Gasteiger partial charge in [0, 0.05) is 20.1 Å². The van der Waals surface area contributed by atoms with E-state index in [1.165, 1.54) is 25.7 Å². The van der Waals surface area contributed by atoms with E-state index in [1.807, 2.05) is 7.05 Å². The summed E-state index contributed by atoms with van der Waals surface area (Å²) in [6.45, 7) is 3.92. The van der Waals surface area contributed by atoms with E-state index in [9.17, 15) is 0 Å². The number of aromatic nitrogens is 4. The van der Waals surface area contributed by atoms with E-state index < -0.39 is 0 Å². The van der Waals surface area contributed by atoms with Crippen LogP contribution >= 0.6 is 0 Å². The van der Waals surface area contributed by atoms with E-state index in [2.05, 4.69) is 21.9 Å². The molecule has 0 aromatic carbocycles. The van der Waals surface area contributed by atoms with E-state index in [0.717, 1.165) is 30.5 Å². The Labute approximate surface area is 142 Å². The monoisotopic (exact) mass is 330 g/mol. The standard InChI is InChI=1S/C17H26N6O/c1-3-4-5-12-9-23(10-14(24-12)11-6-7-11)17-20-15(18)13-8-19-22(2)16(13)21-17/h8,11-12,14H,3-7,9-10H2,1-2H3,(H2,18,20,21)/t12-,14-/m1/s1. The van der Waals surface area contributed by atoms with Crippen LogP contribution in [0.15, 0.2) is 6.20 Å². The van der Waals surface area contributed by atoms with Gasteiger partial charge in [-0.25, -0.2) is 0 Å². The van der Waals surface area contributed by atoms with E-state index in [-0.39, 0.29) is 6.10 Å². The second-order valence-corrected chi connectivity index (χ2v) is 7.10. The summed E-state index contributed by atoms with van der Waals surface area (Å²) in [6.07, 6.45) is 8.33. The molecule has 2 aromatic heterocycles. The van der Waals surface area contributed by atoms with E-state index in [0.29, 0.717) is 23.8 Å². The molecule has 7 heteroatoms. The molecule has 0 unspecified atom stereocenters. The highest BCUT2D eigenvalue weighted by Crippen LogP contribution is 2.38. The van der Waals surface area contributed by atoms with Gasteiger partial charge >= 0.3 is 0 Å². The van der Waals surface area contributed by atoms with Gasteiger partial charge < -0.3 is 15.4 Å². The molecule has 130 valence electrons. The molecule has 0 amide bonds. The normalized spacial score (nSPS) is 24.7. The molecule has 1 aliphatic heterocycles. The van der Waals surface area contributed by atoms with E-state index in [4.69, 9.17) is 15.5 Å². The first kappa shape index (κ1) is 15.6. The predicted octanol–water partition coefficient (Wildman–Crippen LogP) is 2.12. The van der Waals surface area contributed by atoms with Gasteiger partial charge in [-0.1, -0.05) is 19.8 Å². The summed E-state index contributed by atoms with van der Waals surface area (Å²) < 4.78 is 8.10. The lowest BCUT2D eigenvalue weighted by atomic mass is 10.1. The minimum Gasteiger partial charge on any atom is -0.383 e. The summed E-state index contributed by atoms with van der Waals surface area (Å²) in [5.74, 6) is 1.91. The van der Waals surface area contributed by atoms with E-state index >= 15 is 0 Å². The molecule has 0 spiro atoms. The van der Waals surface area contributed by atoms with Crippen LogP contribution in [0.25, 0.3) is 11.0 Å². The van der Waals surface area contributed by atoms with Crippen LogP contribution in [0.2, 0.25) is 0 Å². The summed E-state index contributed by atoms with van der Waals surface area (Å²) >= 11 is 0. The molecule has 7 nitrogen and oxygen atoms in total. The Balaban J connectivity index is 1.62. The maximum absolute atomic E-state index is 6.34. The van der Waals surface area contributed by atoms with Crippen LogP contribution in [-0.2, 0) is 11.8 Å². The lowest BCUT2D eigenvalue weighted by Crippen LogP contribution is -2.49. The van der Waals surface area contributed by atoms with Gasteiger partial charge in [-0.2, -0.15) is 15.1 Å². The number of ether oxygens (including phenoxy) is 1. The van der Waals surface area contributed by atoms with Gasteiger partial charge in [0.2, 0.25) is 5.95 Å². The first-order chi connectivity index (χ1) is 11.7. The lowest BCUT2D eigenvalue weighted by molar-refractivity contribution is -0.0413. The Kier molecular flexibility index (Phi) is 4.04. The zero-order valence-electron chi connectivity index (χ0n) is 14.5. The van der Waals surface area contributed by atoms with E-state index in [1.54, 1.807) is 10.9 Å². The van der Waals surface area contributed by atoms with Crippen LogP contribution < -0.4 is 10.6 Å². The average molecular weight is 330 g/mol. The van der Waals surface area contributed by atoms with Crippen molar-refractivity contribution in [3.8, 4) is 0 Å². The van der Waals surface area contributed by atoms with Crippen LogP contribution in [0.5, 0.6) is 0 Å². The Morgan fingerprint density at radius 3 is 2.88 bits per heavy atom. The first-order valence-electron chi connectivity index (χ1n) is 9.01. The van der Waals surface area contributed by atoms with Crippen molar-refractivity contribution in [2.75, 3.05) is 23.7 Å². The van der Waals surface area contributed by atoms with Gasteiger partial charge in [0.1, 0.15) is 5.82 Å². The molecule has 2 fully saturated rings. The number of aryl methyl sites for hydroxylation is 1. The SMILES string of the molecule is CCCC[C@@H]1CN(c2nc(N)c3cnn(C)c3n2)C[C@H](C2CC2)O1. The smallest absolute Gasteiger partial charge is 0.229 e. The third-order valence-corrected chi connectivity index (χ3v) is 5.11. The van der Waals surface area contributed by atoms with Crippen molar-refractivity contribution in [2.45, 2.75) is 51.2 Å². The molecule has 0 bridgehead atoms. The molecule has 2 aliphatic rings. The number of rotatable bonds is 5. The quantitative estimate of drug-likeness (QED) is 0.904. The molecular weight excluding hydrogens is 304 g/mol. The number of nitrogens with two attached hydrogens (primary N) is 1. The highest BCUT2D eigenvalue weighted by atomic mass is 16.5. The number of unbranched alkanes of at least 4 members (excludes halogenated alkanes) is 1. The number of fused-ring (bicyclic) bond motifs is 1. The van der Waals surface area contributed by atoms with Crippen molar-refractivity contribution in [3.05, 3.63) is 6.20 Å². The summed E-state index contributed by atoms with van der Waals surface area (Å²) in [4.78, 5) is 11.5. The highest BCUT2D eigenvalue weighted by Gasteiger charge is 2.39. The largest absolute Gasteiger partial charge is 0.383 e. The molecule has 1 aliphatic carbocycles. The van der Waals surface area contributed by atoms with Gasteiger partial charge in [0.05, 0.1) is 23.8 Å². The Hall–Kier alpha value is -1.89. The number of anilines is 2. The maximum atomic E-state index is 6.34. The average Bonchev–Trinajstić information content (AvgIpc) is 3.37. The van der Waals surface area contributed by atoms with Gasteiger partial charge in [-0.3, -0.25) is 4.68 Å². The molecule has 2 aromatic rings. The maximum Gasteiger partial charge on any atom is 0.229 e. The van der Waals surface area contributed by atoms with Gasteiger partial charge in [0.25, 0.3) is 0 Å². The molecule has 0 radical (unpaired) electrons. The van der Waals surface area contributed by atoms with Crippen molar-refractivity contribution >= 4 is 22.8 Å². The number of hydrogen-bond donors (Lipinski definition) is 1. The van der Waals surface area contributed by atoms with Crippen LogP contribution in [0, 0.1) is 5.92 Å². The second-order valence-electron chi connectivity index (χ2n) is 7.10. The fourth-order valence-electron chi connectivity index (χ4n) is 3.53. The van der Waals surface area contributed by atoms with Crippen LogP contribution in [0.1, 0.15) is 39.0 Å². The topological polar surface area (TPSA) is 82.1 Å². The molecule has 1 saturated carbocycles. The lowest BCUT2D eigenvalue weighted by Gasteiger charge is -2.38. The zero-order valence-corrected chi connectivity index (χ0v) is 14.5. The molecule has 3 heterocycles. The van der Waals surface area contributed by atoms with Crippen molar-refractivity contribution in [1.29, 1.82) is 0 Å². The van der Waals surface area contributed by atoms with Crippen molar-refractivity contribution < 1.29 is 4.74 Å². The number of nitrogen functional groups attached to an aromatic ring is 1. The molecule has 2 N–H and O–H groups in total. The zero-order chi connectivity index (χ0) is 16.7. The highest BCUT2D eigenvalue weighted by molar-refractivity contribution is 5.86. The van der Waals surface area contributed by atoms with Crippen LogP contribution in [0.4, 0.5) is 11.8 Å². The molecule has 1 saturated heterocycles. The Bertz CT molecular complexity index is 725. The molecular formula is C17H26N6O. The van der Waals surface area contributed by atoms with Crippen molar-refractivity contribution in [3.63, 3.8) is 0 Å². The minimum atomic E-state index is 0.261. The summed E-state index contributed by atoms with van der Waals surface area (Å²) in [5, 5.41) is 5.06. The fraction of sp³-hybridized carbons (Fsp3) is 0.706. The number of nitrogens with zero attached hydrogens (tertiary/aromatic N) is 5. The van der Waals surface area contributed by atoms with Gasteiger partial charge in [-0.15, -0.1) is 0 Å². The predicted molar refractivity (Wildman–Crippen MR) is 93.8 cm³/mol. The van der Waals surface area contributed by atoms with Crippen LogP contribution in [0.3, 0.4) is 0 Å². The number of hydrogen-bond acceptors (Lipinski definition) is 6. The summed E-state index contributed by atoms with van der Waals surface area (Å²) in [6, 6.07) is 0.